The molecule has 0 amide bonds. The molecule has 0 unspecified atom stereocenters. The van der Waals surface area contributed by atoms with Gasteiger partial charge in [0.05, 0.1) is 14.2 Å². The van der Waals surface area contributed by atoms with Crippen LogP contribution in [0, 0.1) is 25.7 Å². The summed E-state index contributed by atoms with van der Waals surface area (Å²) < 4.78 is 10.7. The molecular formula is C22H30O2. The summed E-state index contributed by atoms with van der Waals surface area (Å²) in [5.74, 6) is 2.83. The first-order valence-corrected chi connectivity index (χ1v) is 8.71. The van der Waals surface area contributed by atoms with Crippen LogP contribution in [0.4, 0.5) is 0 Å². The number of ether oxygens (including phenoxy) is 2. The van der Waals surface area contributed by atoms with Crippen molar-refractivity contribution in [3.05, 3.63) is 58.7 Å². The van der Waals surface area contributed by atoms with Crippen LogP contribution < -0.4 is 9.47 Å². The smallest absolute Gasteiger partial charge is 0.160 e. The first kappa shape index (κ1) is 18.4. The van der Waals surface area contributed by atoms with E-state index in [9.17, 15) is 0 Å². The molecule has 2 rings (SSSR count). The van der Waals surface area contributed by atoms with Crippen LogP contribution in [0.1, 0.15) is 36.1 Å². The van der Waals surface area contributed by atoms with Gasteiger partial charge in [0, 0.05) is 0 Å². The van der Waals surface area contributed by atoms with E-state index in [4.69, 9.17) is 9.47 Å². The van der Waals surface area contributed by atoms with Gasteiger partial charge in [0.1, 0.15) is 0 Å². The molecule has 0 spiro atoms. The fourth-order valence-corrected chi connectivity index (χ4v) is 3.08. The molecule has 0 aliphatic carbocycles. The van der Waals surface area contributed by atoms with E-state index in [0.717, 1.165) is 24.3 Å². The number of rotatable bonds is 7. The Kier molecular flexibility index (Phi) is 6.30. The molecule has 24 heavy (non-hydrogen) atoms. The second kappa shape index (κ2) is 8.23. The summed E-state index contributed by atoms with van der Waals surface area (Å²) in [6.07, 6.45) is 2.17. The highest BCUT2D eigenvalue weighted by atomic mass is 16.5. The summed E-state index contributed by atoms with van der Waals surface area (Å²) in [5, 5.41) is 0. The van der Waals surface area contributed by atoms with Crippen molar-refractivity contribution in [1.82, 2.24) is 0 Å². The maximum absolute atomic E-state index is 5.41. The standard InChI is InChI=1S/C22H30O2/c1-15-7-8-19(11-16(15)2)12-17(3)18(4)13-20-9-10-21(23-5)22(14-20)24-6/h7-11,14,17-18H,12-13H2,1-6H3/t17-,18+/m0/s1. The van der Waals surface area contributed by atoms with Crippen LogP contribution >= 0.6 is 0 Å². The number of aryl methyl sites for hydroxylation is 2. The molecule has 0 saturated heterocycles. The Labute approximate surface area is 146 Å². The van der Waals surface area contributed by atoms with Gasteiger partial charge < -0.3 is 9.47 Å². The largest absolute Gasteiger partial charge is 0.493 e. The zero-order valence-electron chi connectivity index (χ0n) is 15.8. The van der Waals surface area contributed by atoms with E-state index in [0.29, 0.717) is 11.8 Å². The molecule has 0 aliphatic heterocycles. The highest BCUT2D eigenvalue weighted by molar-refractivity contribution is 5.43. The highest BCUT2D eigenvalue weighted by Crippen LogP contribution is 2.30. The fraction of sp³-hybridized carbons (Fsp3) is 0.455. The summed E-state index contributed by atoms with van der Waals surface area (Å²) in [4.78, 5) is 0. The summed E-state index contributed by atoms with van der Waals surface area (Å²) in [6.45, 7) is 9.04. The summed E-state index contributed by atoms with van der Waals surface area (Å²) in [7, 11) is 3.36. The Bertz CT molecular complexity index is 676. The molecule has 130 valence electrons. The SMILES string of the molecule is COc1ccc(C[C@@H](C)[C@@H](C)Cc2ccc(C)c(C)c2)cc1OC. The van der Waals surface area contributed by atoms with Gasteiger partial charge >= 0.3 is 0 Å². The lowest BCUT2D eigenvalue weighted by Gasteiger charge is -2.21. The third-order valence-corrected chi connectivity index (χ3v) is 5.11. The van der Waals surface area contributed by atoms with E-state index >= 15 is 0 Å². The predicted octanol–water partition coefficient (Wildman–Crippen LogP) is 5.38. The van der Waals surface area contributed by atoms with Gasteiger partial charge in [-0.15, -0.1) is 0 Å². The van der Waals surface area contributed by atoms with E-state index < -0.39 is 0 Å². The summed E-state index contributed by atoms with van der Waals surface area (Å²) >= 11 is 0. The Morgan fingerprint density at radius 3 is 1.79 bits per heavy atom. The lowest BCUT2D eigenvalue weighted by atomic mass is 9.85. The van der Waals surface area contributed by atoms with Gasteiger partial charge in [-0.05, 0) is 72.9 Å². The van der Waals surface area contributed by atoms with Gasteiger partial charge in [-0.2, -0.15) is 0 Å². The van der Waals surface area contributed by atoms with E-state index in [1.54, 1.807) is 14.2 Å². The summed E-state index contributed by atoms with van der Waals surface area (Å²) in [5.41, 5.74) is 5.48. The van der Waals surface area contributed by atoms with Crippen molar-refractivity contribution < 1.29 is 9.47 Å². The maximum Gasteiger partial charge on any atom is 0.160 e. The Morgan fingerprint density at radius 2 is 1.25 bits per heavy atom. The van der Waals surface area contributed by atoms with E-state index in [1.165, 1.54) is 22.3 Å². The topological polar surface area (TPSA) is 18.5 Å². The molecule has 0 aliphatic rings. The van der Waals surface area contributed by atoms with Crippen LogP contribution in [0.15, 0.2) is 36.4 Å². The first-order chi connectivity index (χ1) is 11.4. The molecule has 2 nitrogen and oxygen atoms in total. The number of hydrogen-bond acceptors (Lipinski definition) is 2. The minimum Gasteiger partial charge on any atom is -0.493 e. The highest BCUT2D eigenvalue weighted by Gasteiger charge is 2.15. The van der Waals surface area contributed by atoms with Crippen molar-refractivity contribution in [3.63, 3.8) is 0 Å². The number of benzene rings is 2. The minimum absolute atomic E-state index is 0.602. The molecule has 0 saturated carbocycles. The monoisotopic (exact) mass is 326 g/mol. The molecule has 2 aromatic rings. The molecule has 0 heterocycles. The zero-order valence-corrected chi connectivity index (χ0v) is 15.8. The molecule has 0 fully saturated rings. The number of methoxy groups -OCH3 is 2. The molecule has 0 bridgehead atoms. The van der Waals surface area contributed by atoms with Gasteiger partial charge in [-0.25, -0.2) is 0 Å². The molecule has 2 heteroatoms. The Morgan fingerprint density at radius 1 is 0.708 bits per heavy atom. The van der Waals surface area contributed by atoms with Gasteiger partial charge in [0.2, 0.25) is 0 Å². The van der Waals surface area contributed by atoms with Crippen molar-refractivity contribution in [2.75, 3.05) is 14.2 Å². The quantitative estimate of drug-likeness (QED) is 0.680. The van der Waals surface area contributed by atoms with Gasteiger partial charge in [0.25, 0.3) is 0 Å². The second-order valence-electron chi connectivity index (χ2n) is 6.97. The molecule has 0 N–H and O–H groups in total. The van der Waals surface area contributed by atoms with Crippen molar-refractivity contribution in [1.29, 1.82) is 0 Å². The van der Waals surface area contributed by atoms with Crippen LogP contribution in [0.3, 0.4) is 0 Å². The van der Waals surface area contributed by atoms with Crippen LogP contribution in [-0.2, 0) is 12.8 Å². The van der Waals surface area contributed by atoms with Crippen LogP contribution in [0.25, 0.3) is 0 Å². The van der Waals surface area contributed by atoms with Crippen LogP contribution in [0.5, 0.6) is 11.5 Å². The average Bonchev–Trinajstić information content (AvgIpc) is 2.57. The molecule has 2 atom stereocenters. The number of hydrogen-bond donors (Lipinski definition) is 0. The average molecular weight is 326 g/mol. The van der Waals surface area contributed by atoms with Crippen molar-refractivity contribution >= 4 is 0 Å². The summed E-state index contributed by atoms with van der Waals surface area (Å²) in [6, 6.07) is 13.1. The van der Waals surface area contributed by atoms with Crippen molar-refractivity contribution in [3.8, 4) is 11.5 Å². The Hall–Kier alpha value is -1.96. The molecule has 0 radical (unpaired) electrons. The lowest BCUT2D eigenvalue weighted by molar-refractivity contribution is 0.352. The van der Waals surface area contributed by atoms with Crippen molar-refractivity contribution in [2.24, 2.45) is 11.8 Å². The van der Waals surface area contributed by atoms with Crippen LogP contribution in [-0.4, -0.2) is 14.2 Å². The van der Waals surface area contributed by atoms with Gasteiger partial charge in [0.15, 0.2) is 11.5 Å². The van der Waals surface area contributed by atoms with Gasteiger partial charge in [-0.3, -0.25) is 0 Å². The normalized spacial score (nSPS) is 13.4. The lowest BCUT2D eigenvalue weighted by Crippen LogP contribution is -2.14. The van der Waals surface area contributed by atoms with Crippen LogP contribution in [0.2, 0.25) is 0 Å². The molecule has 0 aromatic heterocycles. The van der Waals surface area contributed by atoms with Crippen molar-refractivity contribution in [2.45, 2.75) is 40.5 Å². The van der Waals surface area contributed by atoms with E-state index in [-0.39, 0.29) is 0 Å². The fourth-order valence-electron chi connectivity index (χ4n) is 3.08. The first-order valence-electron chi connectivity index (χ1n) is 8.71. The third-order valence-electron chi connectivity index (χ3n) is 5.11. The molecular weight excluding hydrogens is 296 g/mol. The molecule has 2 aromatic carbocycles. The second-order valence-corrected chi connectivity index (χ2v) is 6.97. The predicted molar refractivity (Wildman–Crippen MR) is 101 cm³/mol. The van der Waals surface area contributed by atoms with E-state index in [2.05, 4.69) is 58.0 Å². The maximum atomic E-state index is 5.41. The third kappa shape index (κ3) is 4.53. The van der Waals surface area contributed by atoms with E-state index in [1.807, 2.05) is 6.07 Å². The Balaban J connectivity index is 2.03. The van der Waals surface area contributed by atoms with Gasteiger partial charge in [-0.1, -0.05) is 38.1 Å². The minimum atomic E-state index is 0.602. The zero-order chi connectivity index (χ0) is 17.7.